The van der Waals surface area contributed by atoms with E-state index in [9.17, 15) is 8.42 Å². The second-order valence-corrected chi connectivity index (χ2v) is 6.18. The Morgan fingerprint density at radius 3 is 2.30 bits per heavy atom. The van der Waals surface area contributed by atoms with Gasteiger partial charge in [0.1, 0.15) is 5.75 Å². The van der Waals surface area contributed by atoms with E-state index in [0.29, 0.717) is 17.1 Å². The lowest BCUT2D eigenvalue weighted by molar-refractivity contribution is 0.417. The van der Waals surface area contributed by atoms with E-state index in [4.69, 9.17) is 10.5 Å². The third kappa shape index (κ3) is 2.55. The number of hydrogen-bond donors (Lipinski definition) is 1. The molecule has 0 amide bonds. The molecule has 6 heteroatoms. The molecule has 2 aromatic carbocycles. The molecule has 0 saturated carbocycles. The molecule has 2 N–H and O–H groups in total. The number of ether oxygens (including phenoxy) is 1. The fourth-order valence-corrected chi connectivity index (χ4v) is 3.02. The lowest BCUT2D eigenvalue weighted by Gasteiger charge is -2.20. The van der Waals surface area contributed by atoms with Gasteiger partial charge < -0.3 is 10.5 Å². The minimum Gasteiger partial charge on any atom is -0.495 e. The highest BCUT2D eigenvalue weighted by Crippen LogP contribution is 2.29. The lowest BCUT2D eigenvalue weighted by Crippen LogP contribution is -2.26. The van der Waals surface area contributed by atoms with E-state index in [-0.39, 0.29) is 4.90 Å². The summed E-state index contributed by atoms with van der Waals surface area (Å²) < 4.78 is 31.2. The van der Waals surface area contributed by atoms with Gasteiger partial charge in [0.25, 0.3) is 10.0 Å². The fraction of sp³-hybridized carbons (Fsp3) is 0.143. The molecule has 2 aromatic rings. The van der Waals surface area contributed by atoms with Gasteiger partial charge in [0.2, 0.25) is 0 Å². The first-order valence-corrected chi connectivity index (χ1v) is 7.38. The molecule has 0 spiro atoms. The molecule has 2 rings (SSSR count). The third-order valence-corrected chi connectivity index (χ3v) is 4.78. The van der Waals surface area contributed by atoms with Crippen LogP contribution in [-0.4, -0.2) is 22.6 Å². The summed E-state index contributed by atoms with van der Waals surface area (Å²) in [4.78, 5) is 0.233. The summed E-state index contributed by atoms with van der Waals surface area (Å²) in [7, 11) is -0.592. The van der Waals surface area contributed by atoms with Gasteiger partial charge >= 0.3 is 0 Å². The van der Waals surface area contributed by atoms with Crippen LogP contribution in [0.15, 0.2) is 53.4 Å². The van der Waals surface area contributed by atoms with E-state index in [2.05, 4.69) is 0 Å². The van der Waals surface area contributed by atoms with Crippen LogP contribution < -0.4 is 14.8 Å². The Bertz CT molecular complexity index is 700. The minimum atomic E-state index is -3.59. The smallest absolute Gasteiger partial charge is 0.264 e. The Balaban J connectivity index is 2.41. The molecule has 0 heterocycles. The molecule has 0 atom stereocenters. The Kier molecular flexibility index (Phi) is 3.85. The summed E-state index contributed by atoms with van der Waals surface area (Å²) in [6, 6.07) is 13.1. The van der Waals surface area contributed by atoms with Crippen molar-refractivity contribution in [1.29, 1.82) is 0 Å². The number of methoxy groups -OCH3 is 1. The quantitative estimate of drug-likeness (QED) is 0.876. The second kappa shape index (κ2) is 5.42. The summed E-state index contributed by atoms with van der Waals surface area (Å²) in [5, 5.41) is 0. The lowest BCUT2D eigenvalue weighted by atomic mass is 10.2. The number of rotatable bonds is 4. The van der Waals surface area contributed by atoms with E-state index in [1.54, 1.807) is 48.5 Å². The molecule has 20 heavy (non-hydrogen) atoms. The third-order valence-electron chi connectivity index (χ3n) is 2.98. The van der Waals surface area contributed by atoms with Crippen molar-refractivity contribution in [3.05, 3.63) is 48.5 Å². The van der Waals surface area contributed by atoms with Crippen LogP contribution in [-0.2, 0) is 10.0 Å². The zero-order chi connectivity index (χ0) is 14.8. The number of nitrogens with zero attached hydrogens (tertiary/aromatic N) is 1. The average molecular weight is 292 g/mol. The van der Waals surface area contributed by atoms with Crippen molar-refractivity contribution in [1.82, 2.24) is 0 Å². The predicted molar refractivity (Wildman–Crippen MR) is 79.4 cm³/mol. The molecular weight excluding hydrogens is 276 g/mol. The van der Waals surface area contributed by atoms with Crippen molar-refractivity contribution in [3.8, 4) is 5.75 Å². The molecule has 0 aliphatic heterocycles. The summed E-state index contributed by atoms with van der Waals surface area (Å²) >= 11 is 0. The van der Waals surface area contributed by atoms with Gasteiger partial charge in [0.05, 0.1) is 23.4 Å². The molecule has 0 aromatic heterocycles. The molecule has 0 unspecified atom stereocenters. The molecule has 0 bridgehead atoms. The maximum absolute atomic E-state index is 12.5. The van der Waals surface area contributed by atoms with Gasteiger partial charge in [0.15, 0.2) is 0 Å². The van der Waals surface area contributed by atoms with E-state index in [1.165, 1.54) is 18.5 Å². The Labute approximate surface area is 118 Å². The topological polar surface area (TPSA) is 72.6 Å². The van der Waals surface area contributed by atoms with Gasteiger partial charge in [-0.3, -0.25) is 4.31 Å². The molecule has 0 saturated heterocycles. The van der Waals surface area contributed by atoms with Crippen molar-refractivity contribution in [2.45, 2.75) is 4.90 Å². The SMILES string of the molecule is COc1ccc(N(C)S(=O)(=O)c2ccccc2)cc1N. The van der Waals surface area contributed by atoms with Crippen LogP contribution in [0.2, 0.25) is 0 Å². The second-order valence-electron chi connectivity index (χ2n) is 4.21. The standard InChI is InChI=1S/C14H16N2O3S/c1-16(11-8-9-14(19-2)13(15)10-11)20(17,18)12-6-4-3-5-7-12/h3-10H,15H2,1-2H3. The number of hydrogen-bond acceptors (Lipinski definition) is 4. The van der Waals surface area contributed by atoms with Crippen molar-refractivity contribution in [2.75, 3.05) is 24.2 Å². The Morgan fingerprint density at radius 2 is 1.75 bits per heavy atom. The first-order valence-electron chi connectivity index (χ1n) is 5.94. The van der Waals surface area contributed by atoms with E-state index in [1.807, 2.05) is 0 Å². The molecule has 0 radical (unpaired) electrons. The normalized spacial score (nSPS) is 11.1. The maximum atomic E-state index is 12.5. The number of benzene rings is 2. The predicted octanol–water partition coefficient (Wildman–Crippen LogP) is 2.10. The van der Waals surface area contributed by atoms with Gasteiger partial charge in [-0.25, -0.2) is 8.42 Å². The summed E-state index contributed by atoms with van der Waals surface area (Å²) in [6.45, 7) is 0. The maximum Gasteiger partial charge on any atom is 0.264 e. The van der Waals surface area contributed by atoms with Crippen molar-refractivity contribution >= 4 is 21.4 Å². The van der Waals surface area contributed by atoms with Crippen LogP contribution in [0.5, 0.6) is 5.75 Å². The summed E-state index contributed by atoms with van der Waals surface area (Å²) in [6.07, 6.45) is 0. The number of sulfonamides is 1. The zero-order valence-electron chi connectivity index (χ0n) is 11.3. The molecule has 0 aliphatic carbocycles. The fourth-order valence-electron chi connectivity index (χ4n) is 1.81. The van der Waals surface area contributed by atoms with Gasteiger partial charge in [-0.15, -0.1) is 0 Å². The average Bonchev–Trinajstić information content (AvgIpc) is 2.47. The summed E-state index contributed by atoms with van der Waals surface area (Å²) in [5.41, 5.74) is 6.67. The number of anilines is 2. The zero-order valence-corrected chi connectivity index (χ0v) is 12.1. The summed E-state index contributed by atoms with van der Waals surface area (Å²) in [5.74, 6) is 0.513. The number of nitrogen functional groups attached to an aromatic ring is 1. The molecule has 0 aliphatic rings. The number of nitrogens with two attached hydrogens (primary N) is 1. The van der Waals surface area contributed by atoms with Gasteiger partial charge in [-0.05, 0) is 30.3 Å². The molecule has 106 valence electrons. The van der Waals surface area contributed by atoms with Gasteiger partial charge in [0, 0.05) is 7.05 Å². The minimum absolute atomic E-state index is 0.233. The van der Waals surface area contributed by atoms with Crippen LogP contribution in [0.3, 0.4) is 0 Å². The van der Waals surface area contributed by atoms with E-state index in [0.717, 1.165) is 0 Å². The van der Waals surface area contributed by atoms with E-state index >= 15 is 0 Å². The van der Waals surface area contributed by atoms with Crippen LogP contribution >= 0.6 is 0 Å². The van der Waals surface area contributed by atoms with Crippen LogP contribution in [0.1, 0.15) is 0 Å². The first-order chi connectivity index (χ1) is 9.46. The highest BCUT2D eigenvalue weighted by atomic mass is 32.2. The molecular formula is C14H16N2O3S. The Morgan fingerprint density at radius 1 is 1.10 bits per heavy atom. The van der Waals surface area contributed by atoms with Crippen LogP contribution in [0.25, 0.3) is 0 Å². The van der Waals surface area contributed by atoms with Gasteiger partial charge in [-0.1, -0.05) is 18.2 Å². The van der Waals surface area contributed by atoms with Crippen molar-refractivity contribution < 1.29 is 13.2 Å². The van der Waals surface area contributed by atoms with E-state index < -0.39 is 10.0 Å². The molecule has 5 nitrogen and oxygen atoms in total. The van der Waals surface area contributed by atoms with Crippen LogP contribution in [0.4, 0.5) is 11.4 Å². The monoisotopic (exact) mass is 292 g/mol. The largest absolute Gasteiger partial charge is 0.495 e. The highest BCUT2D eigenvalue weighted by molar-refractivity contribution is 7.92. The highest BCUT2D eigenvalue weighted by Gasteiger charge is 2.21. The van der Waals surface area contributed by atoms with Gasteiger partial charge in [-0.2, -0.15) is 0 Å². The first kappa shape index (κ1) is 14.2. The van der Waals surface area contributed by atoms with Crippen LogP contribution in [0, 0.1) is 0 Å². The van der Waals surface area contributed by atoms with Crippen molar-refractivity contribution in [3.63, 3.8) is 0 Å². The Hall–Kier alpha value is -2.21. The molecule has 0 fully saturated rings. The van der Waals surface area contributed by atoms with Crippen molar-refractivity contribution in [2.24, 2.45) is 0 Å².